The Kier molecular flexibility index (Phi) is 6.57. The first kappa shape index (κ1) is 25.6. The van der Waals surface area contributed by atoms with Gasteiger partial charge in [0.15, 0.2) is 11.5 Å². The van der Waals surface area contributed by atoms with Gasteiger partial charge in [-0.2, -0.15) is 0 Å². The fourth-order valence-corrected chi connectivity index (χ4v) is 7.46. The minimum atomic E-state index is -0.106. The number of pyridine rings is 1. The molecule has 0 aliphatic heterocycles. The summed E-state index contributed by atoms with van der Waals surface area (Å²) in [5.74, 6) is -0.209. The number of thiophene rings is 2. The summed E-state index contributed by atoms with van der Waals surface area (Å²) in [6.45, 7) is 3.23. The van der Waals surface area contributed by atoms with E-state index in [2.05, 4.69) is 89.3 Å². The number of nitrogens with zero attached hydrogens (tertiary/aromatic N) is 2. The fraction of sp³-hybridized carbons (Fsp3) is 0.114. The Balaban J connectivity index is 1.32. The number of benzene rings is 3. The number of unbranched alkanes of at least 4 members (excludes halogenated alkanes) is 1. The number of aryl methyl sites for hydroxylation is 1. The molecule has 0 amide bonds. The van der Waals surface area contributed by atoms with Crippen LogP contribution >= 0.6 is 22.7 Å². The first-order chi connectivity index (χ1) is 20.1. The standard InChI is InChI=1S/C35H28N2O2S2/c1-2-3-18-37-28-7-4-23(33-11-10-32(40-33)22-14-16-36-17-15-22)19-26(28)27-20-24(5-8-29(27)37)34-12-13-35(41-34)25-6-9-30(38)31(39)21-25/h4-17,19-21,38-39H,2-3,18H2,1H3. The zero-order valence-electron chi connectivity index (χ0n) is 22.5. The number of fused-ring (bicyclic) bond motifs is 3. The Labute approximate surface area is 246 Å². The molecule has 0 atom stereocenters. The molecule has 0 saturated heterocycles. The van der Waals surface area contributed by atoms with Gasteiger partial charge in [-0.15, -0.1) is 22.7 Å². The maximum Gasteiger partial charge on any atom is 0.158 e. The van der Waals surface area contributed by atoms with E-state index in [1.807, 2.05) is 29.8 Å². The summed E-state index contributed by atoms with van der Waals surface area (Å²) in [7, 11) is 0. The van der Waals surface area contributed by atoms with Crippen molar-refractivity contribution < 1.29 is 10.2 Å². The second kappa shape index (κ2) is 10.5. The molecule has 7 aromatic rings. The number of phenols is 2. The van der Waals surface area contributed by atoms with E-state index in [0.717, 1.165) is 29.8 Å². The first-order valence-electron chi connectivity index (χ1n) is 13.8. The average Bonchev–Trinajstić information content (AvgIpc) is 3.76. The molecular weight excluding hydrogens is 545 g/mol. The van der Waals surface area contributed by atoms with E-state index in [-0.39, 0.29) is 11.5 Å². The van der Waals surface area contributed by atoms with Crippen LogP contribution < -0.4 is 0 Å². The highest BCUT2D eigenvalue weighted by atomic mass is 32.1. The molecule has 0 spiro atoms. The third kappa shape index (κ3) is 4.69. The van der Waals surface area contributed by atoms with E-state index >= 15 is 0 Å². The van der Waals surface area contributed by atoms with Crippen molar-refractivity contribution in [1.82, 2.24) is 9.55 Å². The molecule has 4 heterocycles. The van der Waals surface area contributed by atoms with Crippen LogP contribution in [-0.2, 0) is 6.54 Å². The van der Waals surface area contributed by atoms with Gasteiger partial charge in [-0.3, -0.25) is 4.98 Å². The van der Waals surface area contributed by atoms with E-state index < -0.39 is 0 Å². The molecule has 7 rings (SSSR count). The van der Waals surface area contributed by atoms with Crippen molar-refractivity contribution in [3.63, 3.8) is 0 Å². The van der Waals surface area contributed by atoms with Crippen LogP contribution in [0.2, 0.25) is 0 Å². The third-order valence-electron chi connectivity index (χ3n) is 7.61. The van der Waals surface area contributed by atoms with Gasteiger partial charge in [0.1, 0.15) is 0 Å². The van der Waals surface area contributed by atoms with Crippen molar-refractivity contribution in [3.8, 4) is 53.3 Å². The van der Waals surface area contributed by atoms with Gasteiger partial charge in [-0.1, -0.05) is 25.5 Å². The summed E-state index contributed by atoms with van der Waals surface area (Å²) >= 11 is 3.50. The van der Waals surface area contributed by atoms with E-state index in [0.29, 0.717) is 0 Å². The van der Waals surface area contributed by atoms with Crippen molar-refractivity contribution >= 4 is 44.5 Å². The molecule has 0 unspecified atom stereocenters. The Hall–Kier alpha value is -4.39. The van der Waals surface area contributed by atoms with E-state index in [9.17, 15) is 10.2 Å². The zero-order valence-corrected chi connectivity index (χ0v) is 24.2. The Bertz CT molecular complexity index is 2020. The smallest absolute Gasteiger partial charge is 0.158 e. The Morgan fingerprint density at radius 2 is 1.10 bits per heavy atom. The lowest BCUT2D eigenvalue weighted by Crippen LogP contribution is -1.96. The Morgan fingerprint density at radius 1 is 0.585 bits per heavy atom. The summed E-state index contributed by atoms with van der Waals surface area (Å²) in [6.07, 6.45) is 5.97. The van der Waals surface area contributed by atoms with Crippen molar-refractivity contribution in [1.29, 1.82) is 0 Å². The molecule has 202 valence electrons. The van der Waals surface area contributed by atoms with Crippen LogP contribution in [0.4, 0.5) is 0 Å². The second-order valence-corrected chi connectivity index (χ2v) is 12.4. The van der Waals surface area contributed by atoms with Crippen LogP contribution in [0, 0.1) is 0 Å². The number of hydrogen-bond acceptors (Lipinski definition) is 5. The molecule has 0 fully saturated rings. The molecule has 3 aromatic carbocycles. The summed E-state index contributed by atoms with van der Waals surface area (Å²) in [5, 5.41) is 22.2. The average molecular weight is 573 g/mol. The molecule has 6 heteroatoms. The summed E-state index contributed by atoms with van der Waals surface area (Å²) in [5.41, 5.74) is 7.02. The number of phenolic OH excluding ortho intramolecular Hbond substituents is 2. The molecular formula is C35H28N2O2S2. The summed E-state index contributed by atoms with van der Waals surface area (Å²) in [6, 6.07) is 31.4. The lowest BCUT2D eigenvalue weighted by Gasteiger charge is -2.07. The predicted octanol–water partition coefficient (Wildman–Crippen LogP) is 10.2. The normalized spacial score (nSPS) is 11.5. The minimum absolute atomic E-state index is 0.104. The topological polar surface area (TPSA) is 58.3 Å². The van der Waals surface area contributed by atoms with Gasteiger partial charge in [-0.25, -0.2) is 0 Å². The summed E-state index contributed by atoms with van der Waals surface area (Å²) in [4.78, 5) is 8.87. The van der Waals surface area contributed by atoms with E-state index in [1.54, 1.807) is 17.4 Å². The van der Waals surface area contributed by atoms with Crippen LogP contribution in [-0.4, -0.2) is 19.8 Å². The number of rotatable bonds is 7. The van der Waals surface area contributed by atoms with E-state index in [1.165, 1.54) is 59.2 Å². The maximum absolute atomic E-state index is 9.98. The first-order valence-corrected chi connectivity index (χ1v) is 15.4. The molecule has 4 nitrogen and oxygen atoms in total. The Morgan fingerprint density at radius 3 is 1.63 bits per heavy atom. The zero-order chi connectivity index (χ0) is 27.9. The SMILES string of the molecule is CCCCn1c2ccc(-c3ccc(-c4ccncc4)s3)cc2c2cc(-c3ccc(-c4ccc(O)c(O)c4)s3)ccc21. The quantitative estimate of drug-likeness (QED) is 0.187. The van der Waals surface area contributed by atoms with Crippen molar-refractivity contribution in [2.45, 2.75) is 26.3 Å². The molecule has 0 bridgehead atoms. The molecule has 0 saturated carbocycles. The lowest BCUT2D eigenvalue weighted by molar-refractivity contribution is 0.404. The molecule has 2 N–H and O–H groups in total. The highest BCUT2D eigenvalue weighted by molar-refractivity contribution is 7.19. The summed E-state index contributed by atoms with van der Waals surface area (Å²) < 4.78 is 2.47. The van der Waals surface area contributed by atoms with Gasteiger partial charge < -0.3 is 14.8 Å². The molecule has 0 radical (unpaired) electrons. The number of aromatic hydroxyl groups is 2. The van der Waals surface area contributed by atoms with Crippen molar-refractivity contribution in [3.05, 3.63) is 103 Å². The monoisotopic (exact) mass is 572 g/mol. The van der Waals surface area contributed by atoms with Crippen LogP contribution in [0.5, 0.6) is 11.5 Å². The number of hydrogen-bond donors (Lipinski definition) is 2. The van der Waals surface area contributed by atoms with Gasteiger partial charge in [0.25, 0.3) is 0 Å². The lowest BCUT2D eigenvalue weighted by atomic mass is 10.1. The van der Waals surface area contributed by atoms with Gasteiger partial charge in [0.05, 0.1) is 0 Å². The van der Waals surface area contributed by atoms with Crippen LogP contribution in [0.15, 0.2) is 103 Å². The largest absolute Gasteiger partial charge is 0.504 e. The van der Waals surface area contributed by atoms with Gasteiger partial charge >= 0.3 is 0 Å². The van der Waals surface area contributed by atoms with Crippen molar-refractivity contribution in [2.75, 3.05) is 0 Å². The van der Waals surface area contributed by atoms with Crippen LogP contribution in [0.1, 0.15) is 19.8 Å². The minimum Gasteiger partial charge on any atom is -0.504 e. The second-order valence-electron chi connectivity index (χ2n) is 10.2. The molecule has 0 aliphatic rings. The maximum atomic E-state index is 9.98. The fourth-order valence-electron chi connectivity index (χ4n) is 5.46. The van der Waals surface area contributed by atoms with Crippen LogP contribution in [0.25, 0.3) is 63.6 Å². The predicted molar refractivity (Wildman–Crippen MR) is 173 cm³/mol. The van der Waals surface area contributed by atoms with Crippen LogP contribution in [0.3, 0.4) is 0 Å². The number of aromatic nitrogens is 2. The van der Waals surface area contributed by atoms with Gasteiger partial charge in [-0.05, 0) is 108 Å². The molecule has 0 aliphatic carbocycles. The third-order valence-corrected chi connectivity index (χ3v) is 9.97. The van der Waals surface area contributed by atoms with Crippen molar-refractivity contribution in [2.24, 2.45) is 0 Å². The molecule has 4 aromatic heterocycles. The van der Waals surface area contributed by atoms with Gasteiger partial charge in [0.2, 0.25) is 0 Å². The van der Waals surface area contributed by atoms with E-state index in [4.69, 9.17) is 0 Å². The molecule has 41 heavy (non-hydrogen) atoms. The highest BCUT2D eigenvalue weighted by Crippen LogP contribution is 2.41. The van der Waals surface area contributed by atoms with Gasteiger partial charge in [0, 0.05) is 60.3 Å². The highest BCUT2D eigenvalue weighted by Gasteiger charge is 2.15.